The van der Waals surface area contributed by atoms with Crippen molar-refractivity contribution >= 4 is 16.9 Å². The average Bonchev–Trinajstić information content (AvgIpc) is 2.16. The van der Waals surface area contributed by atoms with Gasteiger partial charge in [-0.15, -0.1) is 0 Å². The molecule has 1 aromatic heterocycles. The molecule has 0 aliphatic carbocycles. The summed E-state index contributed by atoms with van der Waals surface area (Å²) in [6.45, 7) is 1.89. The Balaban J connectivity index is 2.51. The van der Waals surface area contributed by atoms with Gasteiger partial charge in [0.25, 0.3) is 0 Å². The zero-order valence-electron chi connectivity index (χ0n) is 7.27. The highest BCUT2D eigenvalue weighted by Gasteiger charge is 1.97. The molecule has 0 aliphatic heterocycles. The number of aromatic nitrogens is 2. The second kappa shape index (κ2) is 4.66. The third-order valence-corrected chi connectivity index (χ3v) is 2.17. The first-order valence-corrected chi connectivity index (χ1v) is 4.64. The van der Waals surface area contributed by atoms with E-state index >= 15 is 0 Å². The summed E-state index contributed by atoms with van der Waals surface area (Å²) in [6.07, 6.45) is 3.43. The minimum atomic E-state index is 0.349. The monoisotopic (exact) mass is 197 g/mol. The van der Waals surface area contributed by atoms with Crippen LogP contribution in [0.5, 0.6) is 0 Å². The Kier molecular flexibility index (Phi) is 3.51. The predicted molar refractivity (Wildman–Crippen MR) is 53.9 cm³/mol. The minimum Gasteiger partial charge on any atom is -0.377 e. The van der Waals surface area contributed by atoms with Crippen LogP contribution in [0.2, 0.25) is 0 Å². The van der Waals surface area contributed by atoms with Crippen LogP contribution in [0.3, 0.4) is 0 Å². The number of hydrazone groups is 1. The molecule has 0 saturated carbocycles. The highest BCUT2D eigenvalue weighted by molar-refractivity contribution is 8.13. The van der Waals surface area contributed by atoms with E-state index in [1.807, 2.05) is 6.92 Å². The zero-order chi connectivity index (χ0) is 9.68. The van der Waals surface area contributed by atoms with Crippen LogP contribution in [-0.4, -0.2) is 15.1 Å². The van der Waals surface area contributed by atoms with Crippen molar-refractivity contribution in [2.75, 3.05) is 0 Å². The lowest BCUT2D eigenvalue weighted by molar-refractivity contribution is 1.05. The molecule has 0 aromatic carbocycles. The van der Waals surface area contributed by atoms with Crippen LogP contribution >= 0.6 is 11.8 Å². The number of amidine groups is 1. The summed E-state index contributed by atoms with van der Waals surface area (Å²) in [4.78, 5) is 8.24. The predicted octanol–water partition coefficient (Wildman–Crippen LogP) is 0.207. The Morgan fingerprint density at radius 3 is 2.85 bits per heavy atom. The second-order valence-corrected chi connectivity index (χ2v) is 3.40. The third kappa shape index (κ3) is 3.29. The lowest BCUT2D eigenvalue weighted by Crippen LogP contribution is -2.09. The van der Waals surface area contributed by atoms with E-state index in [9.17, 15) is 0 Å². The van der Waals surface area contributed by atoms with Crippen molar-refractivity contribution in [2.24, 2.45) is 16.7 Å². The second-order valence-electron chi connectivity index (χ2n) is 2.41. The van der Waals surface area contributed by atoms with Gasteiger partial charge in [0.15, 0.2) is 5.17 Å². The molecule has 1 heterocycles. The van der Waals surface area contributed by atoms with Gasteiger partial charge in [-0.2, -0.15) is 5.10 Å². The SMILES string of the molecule is Cc1cnc(CS/C(N)=N/N)cn1. The molecule has 0 bridgehead atoms. The molecule has 0 fully saturated rings. The number of nitrogens with two attached hydrogens (primary N) is 2. The van der Waals surface area contributed by atoms with Crippen LogP contribution in [-0.2, 0) is 5.75 Å². The molecular formula is C7H11N5S. The molecular weight excluding hydrogens is 186 g/mol. The Morgan fingerprint density at radius 2 is 2.31 bits per heavy atom. The fourth-order valence-electron chi connectivity index (χ4n) is 0.679. The average molecular weight is 197 g/mol. The summed E-state index contributed by atoms with van der Waals surface area (Å²) in [5, 5.41) is 3.68. The fraction of sp³-hybridized carbons (Fsp3) is 0.286. The molecule has 70 valence electrons. The third-order valence-electron chi connectivity index (χ3n) is 1.33. The molecule has 0 radical (unpaired) electrons. The maximum Gasteiger partial charge on any atom is 0.177 e. The van der Waals surface area contributed by atoms with Crippen LogP contribution in [0.1, 0.15) is 11.4 Å². The summed E-state index contributed by atoms with van der Waals surface area (Å²) in [5.41, 5.74) is 7.15. The van der Waals surface area contributed by atoms with Gasteiger partial charge < -0.3 is 11.6 Å². The topological polar surface area (TPSA) is 90.2 Å². The van der Waals surface area contributed by atoms with Gasteiger partial charge in [-0.3, -0.25) is 9.97 Å². The smallest absolute Gasteiger partial charge is 0.177 e. The largest absolute Gasteiger partial charge is 0.377 e. The van der Waals surface area contributed by atoms with Gasteiger partial charge in [-0.1, -0.05) is 11.8 Å². The first-order valence-electron chi connectivity index (χ1n) is 3.66. The van der Waals surface area contributed by atoms with Crippen LogP contribution in [0, 0.1) is 6.92 Å². The molecule has 0 aliphatic rings. The molecule has 0 spiro atoms. The molecule has 5 nitrogen and oxygen atoms in total. The highest BCUT2D eigenvalue weighted by Crippen LogP contribution is 2.08. The van der Waals surface area contributed by atoms with Crippen LogP contribution < -0.4 is 11.6 Å². The van der Waals surface area contributed by atoms with Gasteiger partial charge >= 0.3 is 0 Å². The van der Waals surface area contributed by atoms with Gasteiger partial charge in [-0.05, 0) is 6.92 Å². The Bertz CT molecular complexity index is 294. The zero-order valence-corrected chi connectivity index (χ0v) is 8.08. The van der Waals surface area contributed by atoms with Gasteiger partial charge in [0.05, 0.1) is 11.4 Å². The summed E-state index contributed by atoms with van der Waals surface area (Å²) in [5.74, 6) is 5.61. The van der Waals surface area contributed by atoms with Gasteiger partial charge in [-0.25, -0.2) is 0 Å². The van der Waals surface area contributed by atoms with Crippen molar-refractivity contribution in [3.05, 3.63) is 23.8 Å². The van der Waals surface area contributed by atoms with E-state index in [2.05, 4.69) is 15.1 Å². The number of aryl methyl sites for hydroxylation is 1. The van der Waals surface area contributed by atoms with E-state index in [1.165, 1.54) is 11.8 Å². The summed E-state index contributed by atoms with van der Waals surface area (Å²) >= 11 is 1.34. The molecule has 4 N–H and O–H groups in total. The molecule has 0 atom stereocenters. The van der Waals surface area contributed by atoms with E-state index in [-0.39, 0.29) is 0 Å². The minimum absolute atomic E-state index is 0.349. The number of hydrogen-bond acceptors (Lipinski definition) is 5. The van der Waals surface area contributed by atoms with Crippen LogP contribution in [0.25, 0.3) is 0 Å². The van der Waals surface area contributed by atoms with Crippen molar-refractivity contribution in [1.29, 1.82) is 0 Å². The molecule has 0 saturated heterocycles. The van der Waals surface area contributed by atoms with Gasteiger partial charge in [0.2, 0.25) is 0 Å². The van der Waals surface area contributed by atoms with Gasteiger partial charge in [0, 0.05) is 18.1 Å². The van der Waals surface area contributed by atoms with E-state index in [0.717, 1.165) is 11.4 Å². The standard InChI is InChI=1S/C7H11N5S/c1-5-2-11-6(3-10-5)4-13-7(8)12-9/h2-3H,4,9H2,1H3,(H2,8,12). The fourth-order valence-corrected chi connectivity index (χ4v) is 1.20. The van der Waals surface area contributed by atoms with Crippen molar-refractivity contribution in [2.45, 2.75) is 12.7 Å². The van der Waals surface area contributed by atoms with E-state index in [1.54, 1.807) is 12.4 Å². The molecule has 13 heavy (non-hydrogen) atoms. The lowest BCUT2D eigenvalue weighted by Gasteiger charge is -1.98. The number of rotatable bonds is 2. The Hall–Kier alpha value is -1.30. The molecule has 0 amide bonds. The summed E-state index contributed by atoms with van der Waals surface area (Å²) < 4.78 is 0. The Labute approximate surface area is 80.6 Å². The number of nitrogens with zero attached hydrogens (tertiary/aromatic N) is 3. The van der Waals surface area contributed by atoms with E-state index in [4.69, 9.17) is 11.6 Å². The van der Waals surface area contributed by atoms with E-state index in [0.29, 0.717) is 10.9 Å². The Morgan fingerprint density at radius 1 is 1.54 bits per heavy atom. The molecule has 0 unspecified atom stereocenters. The maximum atomic E-state index is 5.39. The van der Waals surface area contributed by atoms with Crippen molar-refractivity contribution < 1.29 is 0 Å². The van der Waals surface area contributed by atoms with Crippen molar-refractivity contribution in [1.82, 2.24) is 9.97 Å². The van der Waals surface area contributed by atoms with Crippen molar-refractivity contribution in [3.8, 4) is 0 Å². The summed E-state index contributed by atoms with van der Waals surface area (Å²) in [6, 6.07) is 0. The van der Waals surface area contributed by atoms with Gasteiger partial charge in [0.1, 0.15) is 0 Å². The van der Waals surface area contributed by atoms with Crippen molar-refractivity contribution in [3.63, 3.8) is 0 Å². The summed E-state index contributed by atoms with van der Waals surface area (Å²) in [7, 11) is 0. The van der Waals surface area contributed by atoms with Crippen LogP contribution in [0.4, 0.5) is 0 Å². The lowest BCUT2D eigenvalue weighted by atomic mass is 10.4. The molecule has 1 aromatic rings. The number of hydrogen-bond donors (Lipinski definition) is 2. The quantitative estimate of drug-likeness (QED) is 0.306. The number of thioether (sulfide) groups is 1. The first-order chi connectivity index (χ1) is 6.22. The molecule has 6 heteroatoms. The first kappa shape index (κ1) is 9.79. The highest BCUT2D eigenvalue weighted by atomic mass is 32.2. The maximum absolute atomic E-state index is 5.39. The normalized spacial score (nSPS) is 11.6. The van der Waals surface area contributed by atoms with E-state index < -0.39 is 0 Å². The van der Waals surface area contributed by atoms with Crippen LogP contribution in [0.15, 0.2) is 17.5 Å². The molecule has 1 rings (SSSR count).